The molecule has 0 spiro atoms. The monoisotopic (exact) mass is 284 g/mol. The zero-order valence-electron chi connectivity index (χ0n) is 10.1. The van der Waals surface area contributed by atoms with Crippen LogP contribution in [0.4, 0.5) is 5.69 Å². The van der Waals surface area contributed by atoms with Gasteiger partial charge in [-0.25, -0.2) is 0 Å². The minimum atomic E-state index is -0.621. The van der Waals surface area contributed by atoms with E-state index in [4.69, 9.17) is 11.6 Å². The molecule has 102 valence electrons. The molecular formula is C12H13ClN2O4. The van der Waals surface area contributed by atoms with E-state index in [0.717, 1.165) is 0 Å². The number of β-amino-alcohol motifs (C(OH)–C–C–N with tert-alkyl or cyclic N) is 1. The first-order valence-electron chi connectivity index (χ1n) is 5.91. The van der Waals surface area contributed by atoms with Crippen molar-refractivity contribution >= 4 is 23.2 Å². The third-order valence-corrected chi connectivity index (χ3v) is 3.49. The van der Waals surface area contributed by atoms with Gasteiger partial charge in [-0.2, -0.15) is 0 Å². The first kappa shape index (κ1) is 13.8. The van der Waals surface area contributed by atoms with Gasteiger partial charge in [0.1, 0.15) is 5.02 Å². The molecule has 1 amide bonds. The highest BCUT2D eigenvalue weighted by atomic mass is 35.5. The number of nitro benzene ring substituents is 1. The minimum Gasteiger partial charge on any atom is -0.391 e. The van der Waals surface area contributed by atoms with Gasteiger partial charge in [-0.15, -0.1) is 0 Å². The number of hydrogen-bond donors (Lipinski definition) is 1. The molecule has 1 N–H and O–H groups in total. The number of hydrogen-bond acceptors (Lipinski definition) is 4. The Morgan fingerprint density at radius 2 is 2.26 bits per heavy atom. The molecular weight excluding hydrogens is 272 g/mol. The molecule has 1 fully saturated rings. The standard InChI is InChI=1S/C12H13ClN2O4/c13-11-9(4-1-5-10(11)15(18)19)12(17)14-6-2-3-8(16)7-14/h1,4-5,8,16H,2-3,6-7H2. The van der Waals surface area contributed by atoms with Crippen LogP contribution in [-0.2, 0) is 0 Å². The normalized spacial score (nSPS) is 19.3. The van der Waals surface area contributed by atoms with Gasteiger partial charge in [-0.05, 0) is 18.9 Å². The highest BCUT2D eigenvalue weighted by molar-refractivity contribution is 6.35. The van der Waals surface area contributed by atoms with Crippen molar-refractivity contribution in [3.05, 3.63) is 38.9 Å². The molecule has 1 unspecified atom stereocenters. The van der Waals surface area contributed by atoms with E-state index in [1.807, 2.05) is 0 Å². The zero-order chi connectivity index (χ0) is 14.0. The van der Waals surface area contributed by atoms with E-state index < -0.39 is 11.0 Å². The van der Waals surface area contributed by atoms with Crippen LogP contribution in [0.3, 0.4) is 0 Å². The first-order valence-corrected chi connectivity index (χ1v) is 6.28. The van der Waals surface area contributed by atoms with Gasteiger partial charge in [0.15, 0.2) is 0 Å². The molecule has 2 rings (SSSR count). The summed E-state index contributed by atoms with van der Waals surface area (Å²) in [5.41, 5.74) is -0.185. The molecule has 1 aliphatic rings. The Bertz CT molecular complexity index is 520. The number of halogens is 1. The van der Waals surface area contributed by atoms with Gasteiger partial charge in [0.25, 0.3) is 11.6 Å². The van der Waals surface area contributed by atoms with Gasteiger partial charge in [0, 0.05) is 19.2 Å². The summed E-state index contributed by atoms with van der Waals surface area (Å²) < 4.78 is 0. The predicted octanol–water partition coefficient (Wildman–Crippen LogP) is 1.85. The van der Waals surface area contributed by atoms with Crippen LogP contribution in [-0.4, -0.2) is 40.0 Å². The number of amides is 1. The number of carbonyl (C=O) groups excluding carboxylic acids is 1. The van der Waals surface area contributed by atoms with Crippen molar-refractivity contribution in [2.24, 2.45) is 0 Å². The quantitative estimate of drug-likeness (QED) is 0.663. The number of carbonyl (C=O) groups is 1. The molecule has 7 heteroatoms. The van der Waals surface area contributed by atoms with Gasteiger partial charge >= 0.3 is 0 Å². The highest BCUT2D eigenvalue weighted by Crippen LogP contribution is 2.29. The van der Waals surface area contributed by atoms with E-state index in [-0.39, 0.29) is 28.7 Å². The number of aliphatic hydroxyl groups excluding tert-OH is 1. The van der Waals surface area contributed by atoms with Gasteiger partial charge in [0.05, 0.1) is 16.6 Å². The summed E-state index contributed by atoms with van der Waals surface area (Å²) in [6, 6.07) is 4.14. The van der Waals surface area contributed by atoms with Crippen molar-refractivity contribution < 1.29 is 14.8 Å². The lowest BCUT2D eigenvalue weighted by atomic mass is 10.1. The number of piperidine rings is 1. The lowest BCUT2D eigenvalue weighted by Gasteiger charge is -2.30. The van der Waals surface area contributed by atoms with E-state index >= 15 is 0 Å². The molecule has 1 aromatic carbocycles. The smallest absolute Gasteiger partial charge is 0.288 e. The Kier molecular flexibility index (Phi) is 4.01. The Morgan fingerprint density at radius 1 is 1.53 bits per heavy atom. The van der Waals surface area contributed by atoms with Crippen LogP contribution >= 0.6 is 11.6 Å². The molecule has 1 atom stereocenters. The summed E-state index contributed by atoms with van der Waals surface area (Å²) >= 11 is 5.90. The van der Waals surface area contributed by atoms with Crippen LogP contribution in [0.15, 0.2) is 18.2 Å². The fourth-order valence-electron chi connectivity index (χ4n) is 2.14. The van der Waals surface area contributed by atoms with Crippen molar-refractivity contribution in [2.45, 2.75) is 18.9 Å². The zero-order valence-corrected chi connectivity index (χ0v) is 10.8. The number of benzene rings is 1. The number of likely N-dealkylation sites (tertiary alicyclic amines) is 1. The van der Waals surface area contributed by atoms with Crippen LogP contribution < -0.4 is 0 Å². The average Bonchev–Trinajstić information content (AvgIpc) is 2.38. The third kappa shape index (κ3) is 2.85. The summed E-state index contributed by atoms with van der Waals surface area (Å²) in [4.78, 5) is 23.9. The Balaban J connectivity index is 2.28. The fraction of sp³-hybridized carbons (Fsp3) is 0.417. The SMILES string of the molecule is O=C(c1cccc([N+](=O)[O-])c1Cl)N1CCCC(O)C1. The van der Waals surface area contributed by atoms with Gasteiger partial charge < -0.3 is 10.0 Å². The number of nitrogens with zero attached hydrogens (tertiary/aromatic N) is 2. The molecule has 6 nitrogen and oxygen atoms in total. The Labute approximate surface area is 114 Å². The predicted molar refractivity (Wildman–Crippen MR) is 69.3 cm³/mol. The topological polar surface area (TPSA) is 83.7 Å². The van der Waals surface area contributed by atoms with E-state index in [1.54, 1.807) is 0 Å². The lowest BCUT2D eigenvalue weighted by Crippen LogP contribution is -2.42. The van der Waals surface area contributed by atoms with Crippen molar-refractivity contribution in [2.75, 3.05) is 13.1 Å². The summed E-state index contributed by atoms with van der Waals surface area (Å²) in [6.45, 7) is 0.757. The third-order valence-electron chi connectivity index (χ3n) is 3.09. The summed E-state index contributed by atoms with van der Waals surface area (Å²) in [5, 5.41) is 20.2. The number of aliphatic hydroxyl groups is 1. The second-order valence-electron chi connectivity index (χ2n) is 4.44. The van der Waals surface area contributed by atoms with E-state index in [2.05, 4.69) is 0 Å². The molecule has 0 aliphatic carbocycles. The highest BCUT2D eigenvalue weighted by Gasteiger charge is 2.27. The molecule has 1 aliphatic heterocycles. The maximum absolute atomic E-state index is 12.2. The molecule has 1 aromatic rings. The second kappa shape index (κ2) is 5.54. The van der Waals surface area contributed by atoms with E-state index in [0.29, 0.717) is 19.4 Å². The lowest BCUT2D eigenvalue weighted by molar-refractivity contribution is -0.384. The molecule has 0 aromatic heterocycles. The van der Waals surface area contributed by atoms with Crippen molar-refractivity contribution in [1.29, 1.82) is 0 Å². The van der Waals surface area contributed by atoms with Crippen molar-refractivity contribution in [3.63, 3.8) is 0 Å². The Hall–Kier alpha value is -1.66. The van der Waals surface area contributed by atoms with Gasteiger partial charge in [-0.1, -0.05) is 17.7 Å². The van der Waals surface area contributed by atoms with Crippen molar-refractivity contribution in [1.82, 2.24) is 4.90 Å². The van der Waals surface area contributed by atoms with Crippen LogP contribution in [0.5, 0.6) is 0 Å². The molecule has 0 saturated carbocycles. The second-order valence-corrected chi connectivity index (χ2v) is 4.82. The van der Waals surface area contributed by atoms with Crippen LogP contribution in [0, 0.1) is 10.1 Å². The van der Waals surface area contributed by atoms with Gasteiger partial charge in [0.2, 0.25) is 0 Å². The molecule has 1 heterocycles. The average molecular weight is 285 g/mol. The molecule has 0 bridgehead atoms. The van der Waals surface area contributed by atoms with E-state index in [1.165, 1.54) is 23.1 Å². The summed E-state index contributed by atoms with van der Waals surface area (Å²) in [5.74, 6) is -0.382. The fourth-order valence-corrected chi connectivity index (χ4v) is 2.41. The largest absolute Gasteiger partial charge is 0.391 e. The molecule has 19 heavy (non-hydrogen) atoms. The molecule has 1 saturated heterocycles. The summed E-state index contributed by atoms with van der Waals surface area (Å²) in [7, 11) is 0. The minimum absolute atomic E-state index is 0.102. The Morgan fingerprint density at radius 3 is 2.89 bits per heavy atom. The van der Waals surface area contributed by atoms with Crippen molar-refractivity contribution in [3.8, 4) is 0 Å². The first-order chi connectivity index (χ1) is 9.00. The van der Waals surface area contributed by atoms with Crippen LogP contribution in [0.1, 0.15) is 23.2 Å². The maximum Gasteiger partial charge on any atom is 0.288 e. The summed E-state index contributed by atoms with van der Waals surface area (Å²) in [6.07, 6.45) is 0.821. The number of rotatable bonds is 2. The van der Waals surface area contributed by atoms with Gasteiger partial charge in [-0.3, -0.25) is 14.9 Å². The number of nitro groups is 1. The van der Waals surface area contributed by atoms with Crippen LogP contribution in [0.2, 0.25) is 5.02 Å². The molecule has 0 radical (unpaired) electrons. The van der Waals surface area contributed by atoms with E-state index in [9.17, 15) is 20.0 Å². The maximum atomic E-state index is 12.2. The van der Waals surface area contributed by atoms with Crippen LogP contribution in [0.25, 0.3) is 0 Å².